The summed E-state index contributed by atoms with van der Waals surface area (Å²) in [7, 11) is 0. The van der Waals surface area contributed by atoms with E-state index in [4.69, 9.17) is 0 Å². The van der Waals surface area contributed by atoms with E-state index in [-0.39, 0.29) is 24.2 Å². The van der Waals surface area contributed by atoms with Crippen LogP contribution in [0.15, 0.2) is 42.7 Å². The van der Waals surface area contributed by atoms with Crippen LogP contribution in [0.1, 0.15) is 28.0 Å². The van der Waals surface area contributed by atoms with E-state index in [2.05, 4.69) is 21.3 Å². The second-order valence-corrected chi connectivity index (χ2v) is 7.76. The molecule has 0 saturated carbocycles. The predicted molar refractivity (Wildman–Crippen MR) is 119 cm³/mol. The van der Waals surface area contributed by atoms with Crippen LogP contribution in [0.25, 0.3) is 5.65 Å². The second-order valence-electron chi connectivity index (χ2n) is 7.76. The molecule has 2 aliphatic heterocycles. The molecule has 0 spiro atoms. The molecule has 0 bridgehead atoms. The Bertz CT molecular complexity index is 1120. The van der Waals surface area contributed by atoms with E-state index in [0.717, 1.165) is 42.1 Å². The van der Waals surface area contributed by atoms with Crippen LogP contribution in [-0.2, 0) is 11.2 Å². The highest BCUT2D eigenvalue weighted by atomic mass is 35.5. The SMILES string of the molecule is Cc1ccn2cc(C(=O)N3CCN(c4ccc5c(c4)CCC(=O)N5)CC3)nc2c1.Cl. The monoisotopic (exact) mass is 425 g/mol. The lowest BCUT2D eigenvalue weighted by atomic mass is 10.0. The van der Waals surface area contributed by atoms with Gasteiger partial charge in [0.2, 0.25) is 5.91 Å². The number of hydrogen-bond donors (Lipinski definition) is 1. The number of carbonyl (C=O) groups excluding carboxylic acids is 2. The summed E-state index contributed by atoms with van der Waals surface area (Å²) in [6.45, 7) is 4.91. The highest BCUT2D eigenvalue weighted by molar-refractivity contribution is 5.94. The number of pyridine rings is 1. The normalized spacial score (nSPS) is 16.1. The highest BCUT2D eigenvalue weighted by Crippen LogP contribution is 2.28. The van der Waals surface area contributed by atoms with Gasteiger partial charge in [-0.1, -0.05) is 0 Å². The van der Waals surface area contributed by atoms with E-state index in [9.17, 15) is 9.59 Å². The van der Waals surface area contributed by atoms with Crippen molar-refractivity contribution in [3.8, 4) is 0 Å². The average molecular weight is 426 g/mol. The van der Waals surface area contributed by atoms with Gasteiger partial charge in [-0.2, -0.15) is 0 Å². The maximum atomic E-state index is 12.9. The van der Waals surface area contributed by atoms with Gasteiger partial charge in [0.15, 0.2) is 0 Å². The third-order valence-electron chi connectivity index (χ3n) is 5.75. The van der Waals surface area contributed by atoms with Crippen molar-refractivity contribution in [3.63, 3.8) is 0 Å². The van der Waals surface area contributed by atoms with Gasteiger partial charge in [0.05, 0.1) is 0 Å². The fourth-order valence-corrected chi connectivity index (χ4v) is 4.08. The van der Waals surface area contributed by atoms with Gasteiger partial charge < -0.3 is 19.5 Å². The minimum Gasteiger partial charge on any atom is -0.368 e. The molecule has 2 amide bonds. The van der Waals surface area contributed by atoms with Gasteiger partial charge >= 0.3 is 0 Å². The summed E-state index contributed by atoms with van der Waals surface area (Å²) in [6.07, 6.45) is 5.06. The number of aromatic nitrogens is 2. The van der Waals surface area contributed by atoms with Crippen LogP contribution in [0.3, 0.4) is 0 Å². The maximum absolute atomic E-state index is 12.9. The Labute approximate surface area is 181 Å². The average Bonchev–Trinajstić information content (AvgIpc) is 3.16. The van der Waals surface area contributed by atoms with Gasteiger partial charge in [0.1, 0.15) is 11.3 Å². The first-order valence-electron chi connectivity index (χ1n) is 9.99. The number of hydrogen-bond acceptors (Lipinski definition) is 4. The number of amides is 2. The Hall–Kier alpha value is -3.06. The van der Waals surface area contributed by atoms with Crippen LogP contribution in [0.2, 0.25) is 0 Å². The standard InChI is InChI=1S/C22H23N5O2.ClH/c1-15-6-7-27-14-19(23-20(27)12-15)22(29)26-10-8-25(9-11-26)17-3-4-18-16(13-17)2-5-21(28)24-18;/h3-4,6-7,12-14H,2,5,8-11H2,1H3,(H,24,28);1H. The van der Waals surface area contributed by atoms with Crippen molar-refractivity contribution in [1.29, 1.82) is 0 Å². The van der Waals surface area contributed by atoms with Gasteiger partial charge in [0.25, 0.3) is 5.91 Å². The zero-order chi connectivity index (χ0) is 20.0. The van der Waals surface area contributed by atoms with E-state index in [1.807, 2.05) is 46.7 Å². The van der Waals surface area contributed by atoms with Crippen molar-refractivity contribution in [2.45, 2.75) is 19.8 Å². The van der Waals surface area contributed by atoms with E-state index in [1.54, 1.807) is 6.20 Å². The third kappa shape index (κ3) is 3.73. The highest BCUT2D eigenvalue weighted by Gasteiger charge is 2.25. The predicted octanol–water partition coefficient (Wildman–Crippen LogP) is 2.91. The second kappa shape index (κ2) is 7.99. The molecule has 1 N–H and O–H groups in total. The fourth-order valence-electron chi connectivity index (χ4n) is 4.08. The van der Waals surface area contributed by atoms with Crippen molar-refractivity contribution < 1.29 is 9.59 Å². The van der Waals surface area contributed by atoms with Crippen molar-refractivity contribution in [2.24, 2.45) is 0 Å². The first kappa shape index (κ1) is 20.2. The summed E-state index contributed by atoms with van der Waals surface area (Å²) in [4.78, 5) is 33.1. The first-order valence-corrected chi connectivity index (χ1v) is 9.99. The number of carbonyl (C=O) groups is 2. The summed E-state index contributed by atoms with van der Waals surface area (Å²) >= 11 is 0. The number of anilines is 2. The Kier molecular flexibility index (Phi) is 5.39. The van der Waals surface area contributed by atoms with E-state index < -0.39 is 0 Å². The molecule has 1 aromatic carbocycles. The van der Waals surface area contributed by atoms with Gasteiger partial charge in [0, 0.05) is 56.4 Å². The number of nitrogens with one attached hydrogen (secondary N) is 1. The molecule has 4 heterocycles. The fraction of sp³-hybridized carbons (Fsp3) is 0.318. The number of aryl methyl sites for hydroxylation is 2. The largest absolute Gasteiger partial charge is 0.368 e. The molecular weight excluding hydrogens is 402 g/mol. The summed E-state index contributed by atoms with van der Waals surface area (Å²) in [6, 6.07) is 10.2. The van der Waals surface area contributed by atoms with Crippen LogP contribution in [-0.4, -0.2) is 52.3 Å². The number of benzene rings is 1. The minimum atomic E-state index is -0.0147. The summed E-state index contributed by atoms with van der Waals surface area (Å²) in [5, 5.41) is 2.93. The van der Waals surface area contributed by atoms with Crippen molar-refractivity contribution in [1.82, 2.24) is 14.3 Å². The molecule has 2 aliphatic rings. The topological polar surface area (TPSA) is 70.0 Å². The molecule has 0 radical (unpaired) electrons. The zero-order valence-corrected chi connectivity index (χ0v) is 17.6. The van der Waals surface area contributed by atoms with E-state index >= 15 is 0 Å². The lowest BCUT2D eigenvalue weighted by Gasteiger charge is -2.36. The number of rotatable bonds is 2. The lowest BCUT2D eigenvalue weighted by molar-refractivity contribution is -0.116. The number of piperazine rings is 1. The van der Waals surface area contributed by atoms with Crippen LogP contribution >= 0.6 is 12.4 Å². The Morgan fingerprint density at radius 2 is 1.87 bits per heavy atom. The molecule has 156 valence electrons. The van der Waals surface area contributed by atoms with Crippen molar-refractivity contribution in [3.05, 3.63) is 59.5 Å². The molecule has 3 aromatic rings. The number of nitrogens with zero attached hydrogens (tertiary/aromatic N) is 4. The van der Waals surface area contributed by atoms with Gasteiger partial charge in [-0.3, -0.25) is 9.59 Å². The van der Waals surface area contributed by atoms with Crippen molar-refractivity contribution in [2.75, 3.05) is 36.4 Å². The van der Waals surface area contributed by atoms with Crippen molar-refractivity contribution >= 4 is 41.2 Å². The maximum Gasteiger partial charge on any atom is 0.274 e. The molecule has 1 fully saturated rings. The van der Waals surface area contributed by atoms with E-state index in [1.165, 1.54) is 5.56 Å². The molecule has 7 nitrogen and oxygen atoms in total. The molecule has 0 aliphatic carbocycles. The Balaban J connectivity index is 0.00000218. The smallest absolute Gasteiger partial charge is 0.274 e. The Morgan fingerprint density at radius 3 is 2.67 bits per heavy atom. The number of imidazole rings is 1. The molecule has 2 aromatic heterocycles. The molecule has 5 rings (SSSR count). The quantitative estimate of drug-likeness (QED) is 0.685. The van der Waals surface area contributed by atoms with Gasteiger partial charge in [-0.15, -0.1) is 12.4 Å². The summed E-state index contributed by atoms with van der Waals surface area (Å²) in [5.74, 6) is 0.0682. The molecule has 0 atom stereocenters. The first-order chi connectivity index (χ1) is 14.1. The Morgan fingerprint density at radius 1 is 1.07 bits per heavy atom. The van der Waals surface area contributed by atoms with E-state index in [0.29, 0.717) is 25.2 Å². The molecule has 1 saturated heterocycles. The number of halogens is 1. The lowest BCUT2D eigenvalue weighted by Crippen LogP contribution is -2.49. The van der Waals surface area contributed by atoms with Gasteiger partial charge in [-0.05, 0) is 54.8 Å². The van der Waals surface area contributed by atoms with Crippen LogP contribution in [0.5, 0.6) is 0 Å². The third-order valence-corrected chi connectivity index (χ3v) is 5.75. The number of fused-ring (bicyclic) bond motifs is 2. The summed E-state index contributed by atoms with van der Waals surface area (Å²) < 4.78 is 1.89. The molecule has 30 heavy (non-hydrogen) atoms. The van der Waals surface area contributed by atoms with Crippen LogP contribution < -0.4 is 10.2 Å². The van der Waals surface area contributed by atoms with Gasteiger partial charge in [-0.25, -0.2) is 4.98 Å². The molecule has 0 unspecified atom stereocenters. The molecular formula is C22H24ClN5O2. The minimum absolute atomic E-state index is 0. The summed E-state index contributed by atoms with van der Waals surface area (Å²) in [5.41, 5.74) is 5.67. The van der Waals surface area contributed by atoms with Crippen LogP contribution in [0.4, 0.5) is 11.4 Å². The zero-order valence-electron chi connectivity index (χ0n) is 16.8. The molecule has 8 heteroatoms. The van der Waals surface area contributed by atoms with Crippen LogP contribution in [0, 0.1) is 6.92 Å².